The van der Waals surface area contributed by atoms with E-state index in [1.807, 2.05) is 0 Å². The van der Waals surface area contributed by atoms with Crippen LogP contribution < -0.4 is 11.1 Å². The molecular weight excluding hydrogens is 231 g/mol. The summed E-state index contributed by atoms with van der Waals surface area (Å²) < 4.78 is 13.4. The van der Waals surface area contributed by atoms with Crippen molar-refractivity contribution in [1.29, 1.82) is 0 Å². The Balaban J connectivity index is 2.71. The zero-order chi connectivity index (χ0) is 14.0. The van der Waals surface area contributed by atoms with Gasteiger partial charge >= 0.3 is 0 Å². The van der Waals surface area contributed by atoms with Crippen LogP contribution >= 0.6 is 0 Å². The van der Waals surface area contributed by atoms with Gasteiger partial charge in [0.15, 0.2) is 0 Å². The first-order chi connectivity index (χ1) is 8.16. The number of halogens is 1. The molecule has 1 aromatic rings. The summed E-state index contributed by atoms with van der Waals surface area (Å²) in [6.07, 6.45) is 0. The smallest absolute Gasteiger partial charge is 0.227 e. The molecule has 0 saturated heterocycles. The van der Waals surface area contributed by atoms with Crippen LogP contribution in [0.4, 0.5) is 4.39 Å². The van der Waals surface area contributed by atoms with Gasteiger partial charge in [-0.15, -0.1) is 0 Å². The van der Waals surface area contributed by atoms with E-state index in [4.69, 9.17) is 5.73 Å². The van der Waals surface area contributed by atoms with Gasteiger partial charge in [0.1, 0.15) is 5.82 Å². The topological polar surface area (TPSA) is 55.1 Å². The van der Waals surface area contributed by atoms with Crippen LogP contribution in [0.2, 0.25) is 0 Å². The minimum atomic E-state index is -0.724. The summed E-state index contributed by atoms with van der Waals surface area (Å²) in [5, 5.41) is 2.73. The largest absolute Gasteiger partial charge is 0.351 e. The second kappa shape index (κ2) is 5.06. The summed E-state index contributed by atoms with van der Waals surface area (Å²) >= 11 is 0. The molecule has 0 radical (unpaired) electrons. The van der Waals surface area contributed by atoms with E-state index in [9.17, 15) is 9.18 Å². The number of carbonyl (C=O) groups excluding carboxylic acids is 1. The van der Waals surface area contributed by atoms with Crippen molar-refractivity contribution >= 4 is 5.91 Å². The average molecular weight is 252 g/mol. The first-order valence-corrected chi connectivity index (χ1v) is 5.97. The van der Waals surface area contributed by atoms with Crippen molar-refractivity contribution in [3.63, 3.8) is 0 Å². The third-order valence-electron chi connectivity index (χ3n) is 3.58. The highest BCUT2D eigenvalue weighted by Crippen LogP contribution is 2.28. The first kappa shape index (κ1) is 14.6. The number of nitrogens with one attached hydrogen (secondary N) is 1. The highest BCUT2D eigenvalue weighted by molar-refractivity contribution is 5.83. The quantitative estimate of drug-likeness (QED) is 0.863. The molecule has 0 aliphatic carbocycles. The van der Waals surface area contributed by atoms with E-state index < -0.39 is 11.0 Å². The van der Waals surface area contributed by atoms with Crippen molar-refractivity contribution in [3.05, 3.63) is 35.6 Å². The Morgan fingerprint density at radius 1 is 1.28 bits per heavy atom. The molecule has 1 rings (SSSR count). The molecule has 0 bridgehead atoms. The molecule has 0 saturated carbocycles. The predicted octanol–water partition coefficient (Wildman–Crippen LogP) is 2.21. The maximum Gasteiger partial charge on any atom is 0.227 e. The molecule has 0 atom stereocenters. The lowest BCUT2D eigenvalue weighted by Gasteiger charge is -2.36. The Hall–Kier alpha value is -1.42. The van der Waals surface area contributed by atoms with Crippen LogP contribution in [0.15, 0.2) is 24.3 Å². The highest BCUT2D eigenvalue weighted by Gasteiger charge is 2.40. The van der Waals surface area contributed by atoms with Crippen LogP contribution in [0.25, 0.3) is 0 Å². The van der Waals surface area contributed by atoms with E-state index >= 15 is 0 Å². The van der Waals surface area contributed by atoms with Gasteiger partial charge in [-0.2, -0.15) is 0 Å². The summed E-state index contributed by atoms with van der Waals surface area (Å²) in [7, 11) is 0. The van der Waals surface area contributed by atoms with E-state index in [-0.39, 0.29) is 18.3 Å². The van der Waals surface area contributed by atoms with E-state index in [1.54, 1.807) is 45.9 Å². The fraction of sp³-hybridized carbons (Fsp3) is 0.500. The number of nitrogens with two attached hydrogens (primary N) is 1. The van der Waals surface area contributed by atoms with E-state index in [0.717, 1.165) is 0 Å². The lowest BCUT2D eigenvalue weighted by Crippen LogP contribution is -2.55. The van der Waals surface area contributed by atoms with Crippen molar-refractivity contribution in [2.24, 2.45) is 11.1 Å². The first-order valence-electron chi connectivity index (χ1n) is 5.97. The SMILES string of the molecule is CC(C)(N)C(C)(C)C(=O)NCc1ccccc1F. The van der Waals surface area contributed by atoms with Crippen LogP contribution in [0.1, 0.15) is 33.3 Å². The molecule has 3 nitrogen and oxygen atoms in total. The fourth-order valence-corrected chi connectivity index (χ4v) is 1.33. The lowest BCUT2D eigenvalue weighted by molar-refractivity contribution is -0.132. The van der Waals surface area contributed by atoms with Gasteiger partial charge in [-0.1, -0.05) is 18.2 Å². The highest BCUT2D eigenvalue weighted by atomic mass is 19.1. The maximum atomic E-state index is 13.4. The molecule has 0 aliphatic rings. The predicted molar refractivity (Wildman–Crippen MR) is 70.3 cm³/mol. The molecule has 0 heterocycles. The number of rotatable bonds is 4. The van der Waals surface area contributed by atoms with Crippen LogP contribution in [0.5, 0.6) is 0 Å². The van der Waals surface area contributed by atoms with Gasteiger partial charge in [0.25, 0.3) is 0 Å². The number of benzene rings is 1. The Morgan fingerprint density at radius 2 is 1.83 bits per heavy atom. The van der Waals surface area contributed by atoms with Gasteiger partial charge in [0, 0.05) is 17.6 Å². The average Bonchev–Trinajstić information content (AvgIpc) is 2.26. The zero-order valence-electron chi connectivity index (χ0n) is 11.4. The standard InChI is InChI=1S/C14H21FN2O/c1-13(2,14(3,4)16)12(18)17-9-10-7-5-6-8-11(10)15/h5-8H,9,16H2,1-4H3,(H,17,18). The molecular formula is C14H21FN2O. The number of amides is 1. The van der Waals surface area contributed by atoms with Crippen LogP contribution in [0, 0.1) is 11.2 Å². The Bertz CT molecular complexity index is 436. The summed E-state index contributed by atoms with van der Waals surface area (Å²) in [6, 6.07) is 6.38. The molecule has 100 valence electrons. The molecule has 0 aromatic heterocycles. The zero-order valence-corrected chi connectivity index (χ0v) is 11.4. The minimum absolute atomic E-state index is 0.172. The molecule has 1 aromatic carbocycles. The molecule has 3 N–H and O–H groups in total. The van der Waals surface area contributed by atoms with Gasteiger partial charge < -0.3 is 11.1 Å². The molecule has 18 heavy (non-hydrogen) atoms. The number of hydrogen-bond donors (Lipinski definition) is 2. The maximum absolute atomic E-state index is 13.4. The monoisotopic (exact) mass is 252 g/mol. The molecule has 0 aliphatic heterocycles. The normalized spacial score (nSPS) is 12.3. The van der Waals surface area contributed by atoms with Gasteiger partial charge in [-0.25, -0.2) is 4.39 Å². The lowest BCUT2D eigenvalue weighted by atomic mass is 9.74. The van der Waals surface area contributed by atoms with Crippen molar-refractivity contribution < 1.29 is 9.18 Å². The molecule has 0 spiro atoms. The second-order valence-electron chi connectivity index (χ2n) is 5.62. The van der Waals surface area contributed by atoms with Crippen molar-refractivity contribution in [2.75, 3.05) is 0 Å². The third-order valence-corrected chi connectivity index (χ3v) is 3.58. The third kappa shape index (κ3) is 3.07. The van der Waals surface area contributed by atoms with Gasteiger partial charge in [-0.05, 0) is 33.8 Å². The van der Waals surface area contributed by atoms with E-state index in [1.165, 1.54) is 6.07 Å². The molecule has 1 amide bonds. The van der Waals surface area contributed by atoms with E-state index in [0.29, 0.717) is 5.56 Å². The number of carbonyl (C=O) groups is 1. The van der Waals surface area contributed by atoms with Crippen molar-refractivity contribution in [1.82, 2.24) is 5.32 Å². The van der Waals surface area contributed by atoms with E-state index in [2.05, 4.69) is 5.32 Å². The molecule has 0 fully saturated rings. The second-order valence-corrected chi connectivity index (χ2v) is 5.62. The molecule has 4 heteroatoms. The molecule has 0 unspecified atom stereocenters. The van der Waals surface area contributed by atoms with Crippen molar-refractivity contribution in [3.8, 4) is 0 Å². The van der Waals surface area contributed by atoms with Gasteiger partial charge in [0.2, 0.25) is 5.91 Å². The van der Waals surface area contributed by atoms with Crippen molar-refractivity contribution in [2.45, 2.75) is 39.8 Å². The number of hydrogen-bond acceptors (Lipinski definition) is 2. The minimum Gasteiger partial charge on any atom is -0.351 e. The fourth-order valence-electron chi connectivity index (χ4n) is 1.33. The summed E-state index contributed by atoms with van der Waals surface area (Å²) in [5.74, 6) is -0.499. The van der Waals surface area contributed by atoms with Crippen LogP contribution in [0.3, 0.4) is 0 Å². The summed E-state index contributed by atoms with van der Waals surface area (Å²) in [4.78, 5) is 12.1. The Labute approximate surface area is 108 Å². The Kier molecular flexibility index (Phi) is 4.12. The van der Waals surface area contributed by atoms with Gasteiger partial charge in [-0.3, -0.25) is 4.79 Å². The Morgan fingerprint density at radius 3 is 2.33 bits per heavy atom. The van der Waals surface area contributed by atoms with Crippen LogP contribution in [-0.4, -0.2) is 11.4 Å². The van der Waals surface area contributed by atoms with Crippen LogP contribution in [-0.2, 0) is 11.3 Å². The van der Waals surface area contributed by atoms with Gasteiger partial charge in [0.05, 0.1) is 5.41 Å². The summed E-state index contributed by atoms with van der Waals surface area (Å²) in [6.45, 7) is 7.34. The summed E-state index contributed by atoms with van der Waals surface area (Å²) in [5.41, 5.74) is 5.08.